The van der Waals surface area contributed by atoms with Gasteiger partial charge in [0.15, 0.2) is 0 Å². The van der Waals surface area contributed by atoms with Crippen LogP contribution in [0.1, 0.15) is 12.8 Å². The van der Waals surface area contributed by atoms with Gasteiger partial charge in [-0.2, -0.15) is 5.10 Å². The van der Waals surface area contributed by atoms with E-state index in [1.54, 1.807) is 11.3 Å². The highest BCUT2D eigenvalue weighted by molar-refractivity contribution is 9.10. The summed E-state index contributed by atoms with van der Waals surface area (Å²) in [4.78, 5) is 5.52. The molecule has 1 aromatic carbocycles. The third kappa shape index (κ3) is 3.48. The summed E-state index contributed by atoms with van der Waals surface area (Å²) in [6, 6.07) is 8.33. The van der Waals surface area contributed by atoms with Crippen molar-refractivity contribution in [1.29, 1.82) is 0 Å². The van der Waals surface area contributed by atoms with Crippen LogP contribution in [0.25, 0.3) is 11.3 Å². The molecular formula is C20H20BrN3S. The zero-order chi connectivity index (χ0) is 17.2. The maximum absolute atomic E-state index is 4.85. The van der Waals surface area contributed by atoms with E-state index in [1.165, 1.54) is 12.8 Å². The topological polar surface area (TPSA) is 29.6 Å². The van der Waals surface area contributed by atoms with Crippen molar-refractivity contribution in [2.75, 3.05) is 6.54 Å². The van der Waals surface area contributed by atoms with Crippen molar-refractivity contribution in [3.05, 3.63) is 63.7 Å². The smallest absolute Gasteiger partial charge is 0.206 e. The second kappa shape index (κ2) is 7.26. The Morgan fingerprint density at radius 1 is 1.24 bits per heavy atom. The summed E-state index contributed by atoms with van der Waals surface area (Å²) in [5.74, 6) is 1.97. The van der Waals surface area contributed by atoms with Crippen LogP contribution in [-0.2, 0) is 0 Å². The average Bonchev–Trinajstić information content (AvgIpc) is 3.34. The Kier molecular flexibility index (Phi) is 4.86. The number of nitrogens with zero attached hydrogens (tertiary/aromatic N) is 3. The van der Waals surface area contributed by atoms with E-state index >= 15 is 0 Å². The quantitative estimate of drug-likeness (QED) is 0.481. The molecule has 3 atom stereocenters. The molecule has 3 nitrogen and oxygen atoms in total. The van der Waals surface area contributed by atoms with Gasteiger partial charge in [-0.15, -0.1) is 17.9 Å². The highest BCUT2D eigenvalue weighted by atomic mass is 79.9. The van der Waals surface area contributed by atoms with Crippen molar-refractivity contribution in [2.45, 2.75) is 12.8 Å². The number of benzene rings is 1. The van der Waals surface area contributed by atoms with E-state index in [4.69, 9.17) is 5.10 Å². The molecule has 2 bridgehead atoms. The highest BCUT2D eigenvalue weighted by Gasteiger charge is 2.34. The molecule has 2 aliphatic rings. The lowest BCUT2D eigenvalue weighted by atomic mass is 9.95. The van der Waals surface area contributed by atoms with Crippen molar-refractivity contribution in [3.63, 3.8) is 0 Å². The number of thiazole rings is 1. The summed E-state index contributed by atoms with van der Waals surface area (Å²) in [6.45, 7) is 4.37. The van der Waals surface area contributed by atoms with E-state index in [2.05, 4.69) is 75.5 Å². The van der Waals surface area contributed by atoms with Crippen LogP contribution in [0.2, 0.25) is 0 Å². The van der Waals surface area contributed by atoms with Crippen LogP contribution in [0.5, 0.6) is 0 Å². The zero-order valence-electron chi connectivity index (χ0n) is 13.9. The maximum Gasteiger partial charge on any atom is 0.206 e. The fourth-order valence-corrected chi connectivity index (χ4v) is 4.74. The molecule has 0 N–H and O–H groups in total. The summed E-state index contributed by atoms with van der Waals surface area (Å²) >= 11 is 5.12. The van der Waals surface area contributed by atoms with Crippen molar-refractivity contribution in [1.82, 2.24) is 4.68 Å². The van der Waals surface area contributed by atoms with E-state index in [9.17, 15) is 0 Å². The number of fused-ring (bicyclic) bond motifs is 2. The highest BCUT2D eigenvalue weighted by Crippen LogP contribution is 2.42. The molecule has 128 valence electrons. The Morgan fingerprint density at radius 3 is 2.76 bits per heavy atom. The molecule has 0 saturated heterocycles. The minimum atomic E-state index is 0.549. The predicted octanol–water partition coefficient (Wildman–Crippen LogP) is 5.11. The summed E-state index contributed by atoms with van der Waals surface area (Å²) < 4.78 is 3.06. The van der Waals surface area contributed by atoms with Gasteiger partial charge in [0.25, 0.3) is 0 Å². The molecule has 0 amide bonds. The number of rotatable bonds is 5. The van der Waals surface area contributed by atoms with Gasteiger partial charge in [0, 0.05) is 27.5 Å². The van der Waals surface area contributed by atoms with Crippen LogP contribution < -0.4 is 4.80 Å². The van der Waals surface area contributed by atoms with E-state index in [0.717, 1.165) is 26.4 Å². The molecule has 0 radical (unpaired) electrons. The molecule has 2 aliphatic carbocycles. The van der Waals surface area contributed by atoms with Crippen molar-refractivity contribution >= 4 is 33.5 Å². The molecule has 1 fully saturated rings. The van der Waals surface area contributed by atoms with Crippen molar-refractivity contribution in [3.8, 4) is 11.3 Å². The minimum absolute atomic E-state index is 0.549. The van der Waals surface area contributed by atoms with Gasteiger partial charge in [-0.1, -0.05) is 46.3 Å². The van der Waals surface area contributed by atoms with Gasteiger partial charge in [0.2, 0.25) is 4.80 Å². The van der Waals surface area contributed by atoms with Gasteiger partial charge in [0.05, 0.1) is 12.2 Å². The number of hydrogen-bond donors (Lipinski definition) is 0. The third-order valence-electron chi connectivity index (χ3n) is 4.88. The Labute approximate surface area is 160 Å². The van der Waals surface area contributed by atoms with Crippen LogP contribution in [-0.4, -0.2) is 17.4 Å². The monoisotopic (exact) mass is 413 g/mol. The van der Waals surface area contributed by atoms with Crippen LogP contribution in [0.15, 0.2) is 69.0 Å². The largest absolute Gasteiger partial charge is 0.253 e. The SMILES string of the molecule is C=CCN=c1scc(-c2ccc(Br)cc2)n1N=CC1CC2C=CC1C2. The lowest BCUT2D eigenvalue weighted by Crippen LogP contribution is -2.15. The molecule has 0 spiro atoms. The maximum atomic E-state index is 4.85. The number of aromatic nitrogens is 1. The van der Waals surface area contributed by atoms with Gasteiger partial charge in [0.1, 0.15) is 0 Å². The van der Waals surface area contributed by atoms with E-state index in [0.29, 0.717) is 18.4 Å². The molecule has 25 heavy (non-hydrogen) atoms. The molecule has 1 aromatic heterocycles. The van der Waals surface area contributed by atoms with Gasteiger partial charge in [-0.3, -0.25) is 4.99 Å². The fourth-order valence-electron chi connectivity index (χ4n) is 3.63. The summed E-state index contributed by atoms with van der Waals surface area (Å²) in [6.07, 6.45) is 11.2. The first-order valence-corrected chi connectivity index (χ1v) is 10.2. The Bertz CT molecular complexity index is 888. The second-order valence-corrected chi connectivity index (χ2v) is 8.31. The number of halogens is 1. The lowest BCUT2D eigenvalue weighted by molar-refractivity contribution is 0.590. The van der Waals surface area contributed by atoms with Gasteiger partial charge >= 0.3 is 0 Å². The van der Waals surface area contributed by atoms with Crippen LogP contribution >= 0.6 is 27.3 Å². The van der Waals surface area contributed by atoms with Crippen LogP contribution in [0.4, 0.5) is 0 Å². The first-order chi connectivity index (χ1) is 12.2. The van der Waals surface area contributed by atoms with Crippen molar-refractivity contribution < 1.29 is 0 Å². The third-order valence-corrected chi connectivity index (χ3v) is 6.27. The first-order valence-electron chi connectivity index (χ1n) is 8.55. The molecule has 2 aromatic rings. The van der Waals surface area contributed by atoms with Gasteiger partial charge < -0.3 is 0 Å². The molecule has 5 heteroatoms. The summed E-state index contributed by atoms with van der Waals surface area (Å²) in [7, 11) is 0. The normalized spacial score (nSPS) is 25.3. The predicted molar refractivity (Wildman–Crippen MR) is 109 cm³/mol. The van der Waals surface area contributed by atoms with E-state index < -0.39 is 0 Å². The van der Waals surface area contributed by atoms with Crippen LogP contribution in [0, 0.1) is 17.8 Å². The molecular weight excluding hydrogens is 394 g/mol. The number of hydrogen-bond acceptors (Lipinski definition) is 3. The van der Waals surface area contributed by atoms with Gasteiger partial charge in [-0.25, -0.2) is 4.68 Å². The van der Waals surface area contributed by atoms with E-state index in [-0.39, 0.29) is 0 Å². The van der Waals surface area contributed by atoms with Crippen LogP contribution in [0.3, 0.4) is 0 Å². The zero-order valence-corrected chi connectivity index (χ0v) is 16.3. The summed E-state index contributed by atoms with van der Waals surface area (Å²) in [5.41, 5.74) is 2.22. The summed E-state index contributed by atoms with van der Waals surface area (Å²) in [5, 5.41) is 6.98. The van der Waals surface area contributed by atoms with E-state index in [1.807, 2.05) is 10.8 Å². The standard InChI is InChI=1S/C20H20BrN3S/c1-2-9-22-20-24(23-12-17-11-14-3-4-16(17)10-14)19(13-25-20)15-5-7-18(21)8-6-15/h2-8,12-14,16-17H,1,9-11H2. The van der Waals surface area contributed by atoms with Gasteiger partial charge in [-0.05, 0) is 36.8 Å². The minimum Gasteiger partial charge on any atom is -0.253 e. The Hall–Kier alpha value is -1.72. The average molecular weight is 414 g/mol. The first kappa shape index (κ1) is 16.7. The molecule has 3 unspecified atom stereocenters. The number of allylic oxidation sites excluding steroid dienone is 2. The molecule has 1 heterocycles. The fraction of sp³-hybridized carbons (Fsp3) is 0.300. The van der Waals surface area contributed by atoms with Crippen molar-refractivity contribution in [2.24, 2.45) is 27.8 Å². The molecule has 4 rings (SSSR count). The molecule has 1 saturated carbocycles. The Balaban J connectivity index is 1.70. The lowest BCUT2D eigenvalue weighted by Gasteiger charge is -2.12. The Morgan fingerprint density at radius 2 is 2.08 bits per heavy atom. The molecule has 0 aliphatic heterocycles. The second-order valence-electron chi connectivity index (χ2n) is 6.56.